The zero-order valence-corrected chi connectivity index (χ0v) is 28.6. The van der Waals surface area contributed by atoms with Gasteiger partial charge in [0.2, 0.25) is 0 Å². The van der Waals surface area contributed by atoms with Gasteiger partial charge in [-0.3, -0.25) is 19.6 Å². The fraction of sp³-hybridized carbons (Fsp3) is 0.179. The first-order valence-corrected chi connectivity index (χ1v) is 15.8. The number of hydrogen-bond donors (Lipinski definition) is 5. The first-order valence-electron chi connectivity index (χ1n) is 15.8. The smallest absolute Gasteiger partial charge is 0.328 e. The normalized spacial score (nSPS) is 12.0. The number of esters is 1. The summed E-state index contributed by atoms with van der Waals surface area (Å²) in [4.78, 5) is 50.6. The summed E-state index contributed by atoms with van der Waals surface area (Å²) < 4.78 is 4.65. The molecule has 0 fully saturated rings. The molecule has 4 rings (SSSR count). The van der Waals surface area contributed by atoms with Crippen LogP contribution in [0.4, 0.5) is 0 Å². The molecule has 4 aromatic carbocycles. The van der Waals surface area contributed by atoms with Crippen LogP contribution in [-0.4, -0.2) is 60.2 Å². The Morgan fingerprint density at radius 2 is 1.08 bits per heavy atom. The summed E-state index contributed by atoms with van der Waals surface area (Å²) in [6.07, 6.45) is 0. The van der Waals surface area contributed by atoms with Crippen molar-refractivity contribution in [1.29, 1.82) is 0 Å². The number of benzene rings is 4. The Hall–Kier alpha value is -6.89. The molecule has 13 heteroatoms. The number of amides is 3. The molecule has 3 amide bonds. The minimum Gasteiger partial charge on any atom is -0.467 e. The van der Waals surface area contributed by atoms with Crippen molar-refractivity contribution in [2.45, 2.75) is 38.0 Å². The lowest BCUT2D eigenvalue weighted by Gasteiger charge is -2.20. The van der Waals surface area contributed by atoms with Crippen molar-refractivity contribution in [3.63, 3.8) is 0 Å². The van der Waals surface area contributed by atoms with Crippen LogP contribution in [0.3, 0.4) is 0 Å². The molecule has 0 spiro atoms. The van der Waals surface area contributed by atoms with Crippen molar-refractivity contribution < 1.29 is 29.1 Å². The van der Waals surface area contributed by atoms with E-state index in [2.05, 4.69) is 49.1 Å². The predicted molar refractivity (Wildman–Crippen MR) is 194 cm³/mol. The van der Waals surface area contributed by atoms with Crippen LogP contribution in [0.2, 0.25) is 0 Å². The summed E-state index contributed by atoms with van der Waals surface area (Å²) in [6.45, 7) is 3.08. The molecule has 264 valence electrons. The fourth-order valence-corrected chi connectivity index (χ4v) is 4.35. The van der Waals surface area contributed by atoms with Crippen LogP contribution in [0.25, 0.3) is 10.4 Å². The second kappa shape index (κ2) is 20.6. The maximum atomic E-state index is 12.4. The number of ether oxygens (including phenoxy) is 1. The van der Waals surface area contributed by atoms with E-state index in [9.17, 15) is 19.2 Å². The molecule has 0 heterocycles. The second-order valence-electron chi connectivity index (χ2n) is 11.1. The van der Waals surface area contributed by atoms with Crippen molar-refractivity contribution in [1.82, 2.24) is 16.1 Å². The number of nitrogens with two attached hydrogens (primary N) is 1. The summed E-state index contributed by atoms with van der Waals surface area (Å²) in [5.41, 5.74) is 19.7. The highest BCUT2D eigenvalue weighted by molar-refractivity contribution is 5.98. The molecule has 4 atom stereocenters. The number of methoxy groups -OCH3 is 1. The van der Waals surface area contributed by atoms with Crippen molar-refractivity contribution in [2.75, 3.05) is 7.11 Å². The van der Waals surface area contributed by atoms with Crippen molar-refractivity contribution >= 4 is 23.7 Å². The molecular formula is C39H37N7O6. The monoisotopic (exact) mass is 699 g/mol. The number of azide groups is 1. The number of carbonyl (C=O) groups excluding carboxylic acids is 4. The van der Waals surface area contributed by atoms with Crippen LogP contribution < -0.4 is 21.8 Å². The van der Waals surface area contributed by atoms with Crippen molar-refractivity contribution in [3.05, 3.63) is 153 Å². The predicted octanol–water partition coefficient (Wildman–Crippen LogP) is 4.09. The van der Waals surface area contributed by atoms with E-state index in [4.69, 9.17) is 16.5 Å². The Bertz CT molecular complexity index is 1990. The van der Waals surface area contributed by atoms with Crippen LogP contribution in [0.5, 0.6) is 0 Å². The van der Waals surface area contributed by atoms with E-state index in [1.54, 1.807) is 55.5 Å². The van der Waals surface area contributed by atoms with E-state index in [0.29, 0.717) is 11.1 Å². The molecule has 4 aromatic rings. The molecule has 13 nitrogen and oxygen atoms in total. The number of carbonyl (C=O) groups is 4. The zero-order valence-electron chi connectivity index (χ0n) is 28.6. The van der Waals surface area contributed by atoms with Gasteiger partial charge in [0.1, 0.15) is 12.1 Å². The molecule has 0 saturated heterocycles. The SMILES string of the molecule is COC(=O)[C@@H](NC(=O)c1ccc(C#Cc2ccccc2)cc1)[C@@H](C)N=[N+]=[N-].C[C@@H](N)[C@H](NC(=O)c1ccc(C#Cc2ccccc2)cc1)C(=O)NO. The number of hydrogen-bond acceptors (Lipinski definition) is 8. The van der Waals surface area contributed by atoms with E-state index in [-0.39, 0.29) is 0 Å². The molecule has 0 radical (unpaired) electrons. The number of hydroxylamine groups is 1. The van der Waals surface area contributed by atoms with E-state index >= 15 is 0 Å². The number of nitrogens with one attached hydrogen (secondary N) is 3. The molecule has 52 heavy (non-hydrogen) atoms. The summed E-state index contributed by atoms with van der Waals surface area (Å²) in [7, 11) is 1.20. The second-order valence-corrected chi connectivity index (χ2v) is 11.1. The molecular weight excluding hydrogens is 662 g/mol. The first-order chi connectivity index (χ1) is 25.1. The molecule has 0 unspecified atom stereocenters. The van der Waals surface area contributed by atoms with Gasteiger partial charge in [-0.05, 0) is 85.3 Å². The lowest BCUT2D eigenvalue weighted by Crippen LogP contribution is -2.54. The van der Waals surface area contributed by atoms with E-state index < -0.39 is 47.9 Å². The van der Waals surface area contributed by atoms with Crippen molar-refractivity contribution in [3.8, 4) is 23.7 Å². The fourth-order valence-electron chi connectivity index (χ4n) is 4.35. The van der Waals surface area contributed by atoms with Gasteiger partial charge in [-0.25, -0.2) is 10.3 Å². The Morgan fingerprint density at radius 3 is 1.42 bits per heavy atom. The largest absolute Gasteiger partial charge is 0.467 e. The summed E-state index contributed by atoms with van der Waals surface area (Å²) in [5.74, 6) is 9.70. The molecule has 0 aliphatic heterocycles. The van der Waals surface area contributed by atoms with Crippen LogP contribution in [0.15, 0.2) is 114 Å². The average molecular weight is 700 g/mol. The van der Waals surface area contributed by atoms with Crippen LogP contribution >= 0.6 is 0 Å². The minimum atomic E-state index is -1.07. The molecule has 0 aliphatic carbocycles. The Morgan fingerprint density at radius 1 is 0.692 bits per heavy atom. The zero-order chi connectivity index (χ0) is 37.9. The molecule has 0 bridgehead atoms. The topological polar surface area (TPSA) is 209 Å². The van der Waals surface area contributed by atoms with Crippen LogP contribution in [0.1, 0.15) is 56.8 Å². The maximum Gasteiger partial charge on any atom is 0.328 e. The average Bonchev–Trinajstić information content (AvgIpc) is 3.18. The number of rotatable bonds is 9. The Balaban J connectivity index is 0.000000281. The van der Waals surface area contributed by atoms with Crippen LogP contribution in [-0.2, 0) is 14.3 Å². The Kier molecular flexibility index (Phi) is 15.7. The van der Waals surface area contributed by atoms with E-state index in [1.807, 2.05) is 60.7 Å². The summed E-state index contributed by atoms with van der Waals surface area (Å²) >= 11 is 0. The highest BCUT2D eigenvalue weighted by Gasteiger charge is 2.27. The first kappa shape index (κ1) is 39.5. The Labute approximate surface area is 301 Å². The molecule has 6 N–H and O–H groups in total. The van der Waals surface area contributed by atoms with E-state index in [1.165, 1.54) is 19.5 Å². The maximum absolute atomic E-state index is 12.4. The van der Waals surface area contributed by atoms with E-state index in [0.717, 1.165) is 22.3 Å². The molecule has 0 aromatic heterocycles. The summed E-state index contributed by atoms with van der Waals surface area (Å²) in [5, 5.41) is 17.2. The minimum absolute atomic E-state index is 0.349. The highest BCUT2D eigenvalue weighted by Crippen LogP contribution is 2.08. The van der Waals surface area contributed by atoms with Gasteiger partial charge >= 0.3 is 5.97 Å². The van der Waals surface area contributed by atoms with Gasteiger partial charge in [0.05, 0.1) is 13.2 Å². The number of nitrogens with zero attached hydrogens (tertiary/aromatic N) is 3. The van der Waals surface area contributed by atoms with Gasteiger partial charge in [-0.15, -0.1) is 0 Å². The molecule has 0 saturated carbocycles. The van der Waals surface area contributed by atoms with Gasteiger partial charge in [0.15, 0.2) is 0 Å². The van der Waals surface area contributed by atoms with Gasteiger partial charge < -0.3 is 21.1 Å². The van der Waals surface area contributed by atoms with Gasteiger partial charge in [0, 0.05) is 44.3 Å². The van der Waals surface area contributed by atoms with Gasteiger partial charge in [0.25, 0.3) is 17.7 Å². The van der Waals surface area contributed by atoms with Gasteiger partial charge in [-0.1, -0.05) is 72.1 Å². The quantitative estimate of drug-likeness (QED) is 0.0328. The summed E-state index contributed by atoms with van der Waals surface area (Å²) in [6, 6.07) is 28.9. The lowest BCUT2D eigenvalue weighted by atomic mass is 10.1. The third-order valence-corrected chi connectivity index (χ3v) is 7.21. The third-order valence-electron chi connectivity index (χ3n) is 7.21. The van der Waals surface area contributed by atoms with Gasteiger partial charge in [-0.2, -0.15) is 0 Å². The lowest BCUT2D eigenvalue weighted by molar-refractivity contribution is -0.143. The van der Waals surface area contributed by atoms with Crippen molar-refractivity contribution in [2.24, 2.45) is 10.8 Å². The third kappa shape index (κ3) is 12.5. The molecule has 0 aliphatic rings. The highest BCUT2D eigenvalue weighted by atomic mass is 16.5. The van der Waals surface area contributed by atoms with Crippen LogP contribution in [0, 0.1) is 23.7 Å². The standard InChI is InChI=1S/C20H18N4O3.C19H19N3O3/c1-14(23-24-21)18(20(26)27-2)22-19(25)17-12-10-16(11-13-17)9-8-15-6-4-3-5-7-15;1-13(20)17(19(24)22-25)21-18(23)16-11-9-15(10-12-16)8-7-14-5-3-2-4-6-14/h3-7,10-14,18H,1-2H3,(H,22,25);2-6,9-13,17,25H,20H2,1H3,(H,21,23)(H,22,24)/t14-,18+;13-,17+/m11/s1.